The third-order valence-corrected chi connectivity index (χ3v) is 2.95. The maximum atomic E-state index is 10.6. The lowest BCUT2D eigenvalue weighted by atomic mass is 10.2. The Balaban J connectivity index is 2.58. The van der Waals surface area contributed by atoms with Crippen LogP contribution in [-0.2, 0) is 4.79 Å². The van der Waals surface area contributed by atoms with E-state index in [2.05, 4.69) is 4.98 Å². The topological polar surface area (TPSA) is 74.0 Å². The molecule has 1 aromatic heterocycles. The molecule has 1 unspecified atom stereocenters. The molecular formula is C10H10N2O2S. The second-order valence-corrected chi connectivity index (χ2v) is 4.09. The predicted octanol–water partition coefficient (Wildman–Crippen LogP) is 1.77. The summed E-state index contributed by atoms with van der Waals surface area (Å²) in [5.41, 5.74) is 0.537. The van der Waals surface area contributed by atoms with Gasteiger partial charge in [0.25, 0.3) is 0 Å². The van der Waals surface area contributed by atoms with Crippen molar-refractivity contribution < 1.29 is 9.90 Å². The third kappa shape index (κ3) is 3.60. The van der Waals surface area contributed by atoms with Crippen LogP contribution in [0.5, 0.6) is 0 Å². The molecule has 0 saturated carbocycles. The number of carboxylic acid groups (broad SMARTS) is 1. The van der Waals surface area contributed by atoms with Crippen LogP contribution in [0.1, 0.15) is 12.5 Å². The van der Waals surface area contributed by atoms with Crippen LogP contribution in [-0.4, -0.2) is 21.8 Å². The monoisotopic (exact) mass is 222 g/mol. The van der Waals surface area contributed by atoms with Crippen molar-refractivity contribution in [2.45, 2.75) is 11.9 Å². The summed E-state index contributed by atoms with van der Waals surface area (Å²) in [6.45, 7) is 1.64. The Morgan fingerprint density at radius 1 is 1.80 bits per heavy atom. The number of nitrogens with zero attached hydrogens (tertiary/aromatic N) is 2. The van der Waals surface area contributed by atoms with Crippen molar-refractivity contribution in [2.24, 2.45) is 5.92 Å². The second-order valence-electron chi connectivity index (χ2n) is 3.04. The van der Waals surface area contributed by atoms with Crippen molar-refractivity contribution in [2.75, 3.05) is 5.75 Å². The fraction of sp³-hybridized carbons (Fsp3) is 0.300. The molecule has 0 spiro atoms. The van der Waals surface area contributed by atoms with Gasteiger partial charge in [-0.3, -0.25) is 4.79 Å². The molecule has 0 radical (unpaired) electrons. The minimum Gasteiger partial charge on any atom is -0.481 e. The fourth-order valence-corrected chi connectivity index (χ4v) is 1.75. The number of nitriles is 1. The zero-order valence-electron chi connectivity index (χ0n) is 8.17. The molecule has 4 nitrogen and oxygen atoms in total. The lowest BCUT2D eigenvalue weighted by Gasteiger charge is -2.04. The molecule has 78 valence electrons. The maximum Gasteiger partial charge on any atom is 0.307 e. The first-order valence-corrected chi connectivity index (χ1v) is 5.34. The number of carbonyl (C=O) groups is 1. The molecule has 5 heteroatoms. The van der Waals surface area contributed by atoms with Crippen molar-refractivity contribution in [3.63, 3.8) is 0 Å². The molecule has 0 saturated heterocycles. The van der Waals surface area contributed by atoms with Crippen LogP contribution < -0.4 is 0 Å². The first-order chi connectivity index (χ1) is 7.13. The lowest BCUT2D eigenvalue weighted by Crippen LogP contribution is -2.11. The Bertz CT molecular complexity index is 401. The quantitative estimate of drug-likeness (QED) is 0.786. The van der Waals surface area contributed by atoms with Gasteiger partial charge >= 0.3 is 5.97 Å². The zero-order chi connectivity index (χ0) is 11.3. The van der Waals surface area contributed by atoms with Crippen molar-refractivity contribution >= 4 is 17.7 Å². The van der Waals surface area contributed by atoms with Gasteiger partial charge in [0.2, 0.25) is 0 Å². The van der Waals surface area contributed by atoms with Gasteiger partial charge in [0.1, 0.15) is 0 Å². The summed E-state index contributed by atoms with van der Waals surface area (Å²) in [6, 6.07) is 5.28. The van der Waals surface area contributed by atoms with Gasteiger partial charge in [0, 0.05) is 11.9 Å². The van der Waals surface area contributed by atoms with E-state index in [4.69, 9.17) is 10.4 Å². The second kappa shape index (κ2) is 5.37. The summed E-state index contributed by atoms with van der Waals surface area (Å²) >= 11 is 1.34. The summed E-state index contributed by atoms with van der Waals surface area (Å²) in [5, 5.41) is 18.0. The zero-order valence-corrected chi connectivity index (χ0v) is 8.99. The van der Waals surface area contributed by atoms with Crippen LogP contribution in [0.2, 0.25) is 0 Å². The number of aromatic nitrogens is 1. The minimum atomic E-state index is -0.820. The van der Waals surface area contributed by atoms with E-state index in [1.54, 1.807) is 25.3 Å². The smallest absolute Gasteiger partial charge is 0.307 e. The van der Waals surface area contributed by atoms with E-state index in [0.717, 1.165) is 0 Å². The van der Waals surface area contributed by atoms with E-state index in [1.165, 1.54) is 11.8 Å². The Morgan fingerprint density at radius 2 is 2.53 bits per heavy atom. The minimum absolute atomic E-state index is 0.414. The number of rotatable bonds is 4. The summed E-state index contributed by atoms with van der Waals surface area (Å²) < 4.78 is 0. The van der Waals surface area contributed by atoms with E-state index < -0.39 is 11.9 Å². The summed E-state index contributed by atoms with van der Waals surface area (Å²) in [5.74, 6) is -0.779. The van der Waals surface area contributed by atoms with E-state index >= 15 is 0 Å². The Labute approximate surface area is 91.9 Å². The number of aliphatic carboxylic acids is 1. The van der Waals surface area contributed by atoms with Gasteiger partial charge < -0.3 is 5.11 Å². The molecule has 0 bridgehead atoms. The molecule has 0 aliphatic rings. The molecular weight excluding hydrogens is 212 g/mol. The molecule has 0 aliphatic carbocycles. The predicted molar refractivity (Wildman–Crippen MR) is 56.5 cm³/mol. The molecule has 1 aromatic rings. The van der Waals surface area contributed by atoms with E-state index in [-0.39, 0.29) is 0 Å². The molecule has 0 amide bonds. The van der Waals surface area contributed by atoms with Crippen LogP contribution in [0, 0.1) is 17.2 Å². The third-order valence-electron chi connectivity index (χ3n) is 1.77. The largest absolute Gasteiger partial charge is 0.481 e. The standard InChI is InChI=1S/C10H10N2O2S/c1-7(10(13)14)6-15-9-4-8(5-11)2-3-12-9/h2-4,7H,6H2,1H3,(H,13,14). The summed E-state index contributed by atoms with van der Waals surface area (Å²) in [6.07, 6.45) is 1.55. The summed E-state index contributed by atoms with van der Waals surface area (Å²) in [4.78, 5) is 14.6. The SMILES string of the molecule is CC(CSc1cc(C#N)ccn1)C(=O)O. The molecule has 0 aromatic carbocycles. The van der Waals surface area contributed by atoms with Gasteiger partial charge in [-0.1, -0.05) is 6.92 Å². The number of thioether (sulfide) groups is 1. The van der Waals surface area contributed by atoms with Gasteiger partial charge in [-0.15, -0.1) is 11.8 Å². The van der Waals surface area contributed by atoms with Crippen molar-refractivity contribution in [1.82, 2.24) is 4.98 Å². The van der Waals surface area contributed by atoms with Crippen LogP contribution in [0.25, 0.3) is 0 Å². The Hall–Kier alpha value is -1.54. The van der Waals surface area contributed by atoms with Gasteiger partial charge in [-0.2, -0.15) is 5.26 Å². The van der Waals surface area contributed by atoms with Gasteiger partial charge in [0.05, 0.1) is 22.6 Å². The first kappa shape index (κ1) is 11.5. The highest BCUT2D eigenvalue weighted by Crippen LogP contribution is 2.19. The highest BCUT2D eigenvalue weighted by molar-refractivity contribution is 7.99. The van der Waals surface area contributed by atoms with Crippen molar-refractivity contribution in [1.29, 1.82) is 5.26 Å². The average molecular weight is 222 g/mol. The van der Waals surface area contributed by atoms with Crippen LogP contribution in [0.15, 0.2) is 23.4 Å². The van der Waals surface area contributed by atoms with E-state index in [9.17, 15) is 4.79 Å². The van der Waals surface area contributed by atoms with E-state index in [0.29, 0.717) is 16.3 Å². The highest BCUT2D eigenvalue weighted by atomic mass is 32.2. The molecule has 1 heterocycles. The van der Waals surface area contributed by atoms with Crippen LogP contribution >= 0.6 is 11.8 Å². The maximum absolute atomic E-state index is 10.6. The molecule has 0 fully saturated rings. The normalized spacial score (nSPS) is 11.7. The van der Waals surface area contributed by atoms with Gasteiger partial charge in [0.15, 0.2) is 0 Å². The van der Waals surface area contributed by atoms with E-state index in [1.807, 2.05) is 6.07 Å². The number of pyridine rings is 1. The van der Waals surface area contributed by atoms with Crippen LogP contribution in [0.4, 0.5) is 0 Å². The van der Waals surface area contributed by atoms with Crippen molar-refractivity contribution in [3.05, 3.63) is 23.9 Å². The summed E-state index contributed by atoms with van der Waals surface area (Å²) in [7, 11) is 0. The number of hydrogen-bond donors (Lipinski definition) is 1. The number of carboxylic acids is 1. The number of hydrogen-bond acceptors (Lipinski definition) is 4. The lowest BCUT2D eigenvalue weighted by molar-refractivity contribution is -0.140. The van der Waals surface area contributed by atoms with Crippen LogP contribution in [0.3, 0.4) is 0 Å². The average Bonchev–Trinajstić information content (AvgIpc) is 2.26. The molecule has 1 atom stereocenters. The Kier molecular flexibility index (Phi) is 4.13. The highest BCUT2D eigenvalue weighted by Gasteiger charge is 2.11. The van der Waals surface area contributed by atoms with Gasteiger partial charge in [-0.25, -0.2) is 4.98 Å². The van der Waals surface area contributed by atoms with Crippen molar-refractivity contribution in [3.8, 4) is 6.07 Å². The molecule has 0 aliphatic heterocycles. The van der Waals surface area contributed by atoms with Gasteiger partial charge in [-0.05, 0) is 12.1 Å². The first-order valence-electron chi connectivity index (χ1n) is 4.35. The Morgan fingerprint density at radius 3 is 3.13 bits per heavy atom. The molecule has 15 heavy (non-hydrogen) atoms. The molecule has 1 rings (SSSR count). The molecule has 1 N–H and O–H groups in total. The fourth-order valence-electron chi connectivity index (χ4n) is 0.840.